The molecule has 2 amide bonds. The number of sulfonamides is 1. The Bertz CT molecular complexity index is 1540. The first-order valence-electron chi connectivity index (χ1n) is 16.2. The number of halogens is 1. The number of nitrogens with two attached hydrogens (primary N) is 1. The Balaban J connectivity index is 1.75. The van der Waals surface area contributed by atoms with E-state index in [1.165, 1.54) is 16.4 Å². The molecule has 5 N–H and O–H groups in total. The van der Waals surface area contributed by atoms with Crippen molar-refractivity contribution in [2.45, 2.75) is 82.4 Å². The SMILES string of the molecule is CC(C)CN(C(CO)CCCCNC(=O)[C@@H](NC(=O)OC(C)(C)C)C(c1ccccc1)c1ccccc1)S(=O)(=O)c1ccc(N)c(F)c1. The zero-order valence-electron chi connectivity index (χ0n) is 28.4. The number of amides is 2. The number of hydrogen-bond acceptors (Lipinski definition) is 7. The predicted molar refractivity (Wildman–Crippen MR) is 185 cm³/mol. The van der Waals surface area contributed by atoms with E-state index in [1.54, 1.807) is 20.8 Å². The fraction of sp³-hybridized carbons (Fsp3) is 0.444. The Morgan fingerprint density at radius 3 is 2.04 bits per heavy atom. The summed E-state index contributed by atoms with van der Waals surface area (Å²) in [6.07, 6.45) is 0.509. The Labute approximate surface area is 283 Å². The zero-order chi connectivity index (χ0) is 35.5. The van der Waals surface area contributed by atoms with Crippen molar-refractivity contribution in [3.8, 4) is 0 Å². The number of hydrogen-bond donors (Lipinski definition) is 4. The molecule has 0 saturated heterocycles. The molecule has 3 aromatic rings. The van der Waals surface area contributed by atoms with Gasteiger partial charge >= 0.3 is 6.09 Å². The molecule has 1 unspecified atom stereocenters. The van der Waals surface area contributed by atoms with Gasteiger partial charge in [0.1, 0.15) is 17.5 Å². The fourth-order valence-electron chi connectivity index (χ4n) is 5.39. The molecular weight excluding hydrogens is 635 g/mol. The standard InChI is InChI=1S/C36H49FN4O6S/c1-25(2)23-41(48(45,46)29-19-20-31(38)30(37)22-29)28(24-42)18-12-13-21-39-34(43)33(40-35(44)47-36(3,4)5)32(26-14-8-6-9-15-26)27-16-10-7-11-17-27/h6-11,14-17,19-20,22,25,28,32-33,42H,12-13,18,21,23-24,38H2,1-5H3,(H,39,43)(H,40,44)/t28?,33-/m0/s1. The molecule has 0 aliphatic heterocycles. The first-order valence-corrected chi connectivity index (χ1v) is 17.6. The number of nitrogens with one attached hydrogen (secondary N) is 2. The van der Waals surface area contributed by atoms with Crippen LogP contribution in [0.3, 0.4) is 0 Å². The second kappa shape index (κ2) is 17.4. The van der Waals surface area contributed by atoms with Gasteiger partial charge in [0.05, 0.1) is 17.2 Å². The number of alkyl carbamates (subject to hydrolysis) is 1. The molecule has 2 atom stereocenters. The molecule has 0 bridgehead atoms. The molecule has 262 valence electrons. The number of nitrogens with zero attached hydrogens (tertiary/aromatic N) is 1. The minimum atomic E-state index is -4.15. The van der Waals surface area contributed by atoms with Gasteiger partial charge in [-0.15, -0.1) is 0 Å². The van der Waals surface area contributed by atoms with Gasteiger partial charge in [0.25, 0.3) is 0 Å². The molecule has 0 spiro atoms. The van der Waals surface area contributed by atoms with Crippen molar-refractivity contribution in [3.63, 3.8) is 0 Å². The maximum atomic E-state index is 14.2. The van der Waals surface area contributed by atoms with E-state index in [9.17, 15) is 27.5 Å². The first kappa shape index (κ1) is 38.4. The second-order valence-corrected chi connectivity index (χ2v) is 15.1. The molecule has 3 rings (SSSR count). The normalized spacial score (nSPS) is 13.4. The maximum Gasteiger partial charge on any atom is 0.408 e. The van der Waals surface area contributed by atoms with Crippen molar-refractivity contribution < 1.29 is 32.2 Å². The van der Waals surface area contributed by atoms with E-state index >= 15 is 0 Å². The van der Waals surface area contributed by atoms with E-state index in [0.717, 1.165) is 17.2 Å². The third-order valence-corrected chi connectivity index (χ3v) is 9.52. The predicted octanol–water partition coefficient (Wildman–Crippen LogP) is 5.43. The van der Waals surface area contributed by atoms with Gasteiger partial charge in [-0.25, -0.2) is 17.6 Å². The van der Waals surface area contributed by atoms with Crippen molar-refractivity contribution in [2.24, 2.45) is 5.92 Å². The summed E-state index contributed by atoms with van der Waals surface area (Å²) in [4.78, 5) is 26.5. The fourth-order valence-corrected chi connectivity index (χ4v) is 7.21. The van der Waals surface area contributed by atoms with Crippen molar-refractivity contribution in [3.05, 3.63) is 95.8 Å². The van der Waals surface area contributed by atoms with Crippen molar-refractivity contribution in [2.75, 3.05) is 25.4 Å². The molecule has 0 aliphatic carbocycles. The molecule has 0 radical (unpaired) electrons. The summed E-state index contributed by atoms with van der Waals surface area (Å²) in [6.45, 7) is 8.87. The van der Waals surface area contributed by atoms with E-state index in [-0.39, 0.29) is 29.6 Å². The number of benzene rings is 3. The smallest absolute Gasteiger partial charge is 0.408 e. The van der Waals surface area contributed by atoms with E-state index in [4.69, 9.17) is 10.5 Å². The van der Waals surface area contributed by atoms with Crippen LogP contribution in [-0.4, -0.2) is 67.2 Å². The summed E-state index contributed by atoms with van der Waals surface area (Å²) in [6, 6.07) is 20.4. The molecular formula is C36H49FN4O6S. The molecule has 0 fully saturated rings. The molecule has 0 saturated carbocycles. The largest absolute Gasteiger partial charge is 0.444 e. The molecule has 12 heteroatoms. The highest BCUT2D eigenvalue weighted by Gasteiger charge is 2.34. The quantitative estimate of drug-likeness (QED) is 0.116. The van der Waals surface area contributed by atoms with E-state index in [1.807, 2.05) is 74.5 Å². The topological polar surface area (TPSA) is 151 Å². The van der Waals surface area contributed by atoms with Crippen LogP contribution in [0, 0.1) is 11.7 Å². The number of carbonyl (C=O) groups is 2. The highest BCUT2D eigenvalue weighted by Crippen LogP contribution is 2.29. The van der Waals surface area contributed by atoms with Crippen LogP contribution in [0.2, 0.25) is 0 Å². The summed E-state index contributed by atoms with van der Waals surface area (Å²) < 4.78 is 48.0. The first-order chi connectivity index (χ1) is 22.6. The summed E-state index contributed by atoms with van der Waals surface area (Å²) in [5.74, 6) is -1.83. The lowest BCUT2D eigenvalue weighted by molar-refractivity contribution is -0.123. The molecule has 3 aromatic carbocycles. The molecule has 10 nitrogen and oxygen atoms in total. The number of anilines is 1. The number of carbonyl (C=O) groups excluding carboxylic acids is 2. The Kier molecular flexibility index (Phi) is 13.9. The van der Waals surface area contributed by atoms with Gasteiger partial charge in [-0.05, 0) is 68.9 Å². The molecule has 0 aliphatic rings. The van der Waals surface area contributed by atoms with Gasteiger partial charge in [0.2, 0.25) is 15.9 Å². The summed E-state index contributed by atoms with van der Waals surface area (Å²) in [7, 11) is -4.15. The van der Waals surface area contributed by atoms with Crippen LogP contribution in [0.25, 0.3) is 0 Å². The van der Waals surface area contributed by atoms with Gasteiger partial charge < -0.3 is 26.2 Å². The van der Waals surface area contributed by atoms with E-state index in [0.29, 0.717) is 19.3 Å². The van der Waals surface area contributed by atoms with Crippen LogP contribution in [0.4, 0.5) is 14.9 Å². The van der Waals surface area contributed by atoms with Gasteiger partial charge in [-0.1, -0.05) is 80.9 Å². The maximum absolute atomic E-state index is 14.2. The van der Waals surface area contributed by atoms with Crippen LogP contribution < -0.4 is 16.4 Å². The average molecular weight is 685 g/mol. The Morgan fingerprint density at radius 2 is 1.54 bits per heavy atom. The summed E-state index contributed by atoms with van der Waals surface area (Å²) >= 11 is 0. The van der Waals surface area contributed by atoms with Gasteiger partial charge in [0, 0.05) is 25.0 Å². The number of aliphatic hydroxyl groups is 1. The van der Waals surface area contributed by atoms with Crippen molar-refractivity contribution in [1.29, 1.82) is 0 Å². The van der Waals surface area contributed by atoms with Gasteiger partial charge in [0.15, 0.2) is 0 Å². The minimum Gasteiger partial charge on any atom is -0.444 e. The van der Waals surface area contributed by atoms with Gasteiger partial charge in [-0.2, -0.15) is 4.31 Å². The van der Waals surface area contributed by atoms with Crippen LogP contribution in [-0.2, 0) is 19.6 Å². The second-order valence-electron chi connectivity index (χ2n) is 13.2. The lowest BCUT2D eigenvalue weighted by Crippen LogP contribution is -2.51. The van der Waals surface area contributed by atoms with E-state index < -0.39 is 58.1 Å². The zero-order valence-corrected chi connectivity index (χ0v) is 29.2. The van der Waals surface area contributed by atoms with E-state index in [2.05, 4.69) is 10.6 Å². The lowest BCUT2D eigenvalue weighted by Gasteiger charge is -2.31. The Morgan fingerprint density at radius 1 is 0.958 bits per heavy atom. The molecule has 48 heavy (non-hydrogen) atoms. The lowest BCUT2D eigenvalue weighted by atomic mass is 9.84. The van der Waals surface area contributed by atoms with Crippen molar-refractivity contribution in [1.82, 2.24) is 14.9 Å². The number of rotatable bonds is 16. The number of nitrogen functional groups attached to an aromatic ring is 1. The summed E-state index contributed by atoms with van der Waals surface area (Å²) in [5, 5.41) is 16.0. The molecule has 0 aromatic heterocycles. The molecule has 0 heterocycles. The highest BCUT2D eigenvalue weighted by molar-refractivity contribution is 7.89. The number of unbranched alkanes of at least 4 members (excludes halogenated alkanes) is 1. The highest BCUT2D eigenvalue weighted by atomic mass is 32.2. The van der Waals surface area contributed by atoms with Crippen LogP contribution in [0.5, 0.6) is 0 Å². The minimum absolute atomic E-state index is 0.0664. The number of ether oxygens (including phenoxy) is 1. The van der Waals surface area contributed by atoms with Crippen LogP contribution in [0.1, 0.15) is 70.9 Å². The third-order valence-electron chi connectivity index (χ3n) is 7.61. The summed E-state index contributed by atoms with van der Waals surface area (Å²) in [5.41, 5.74) is 6.28. The monoisotopic (exact) mass is 684 g/mol. The number of aliphatic hydroxyl groups excluding tert-OH is 1. The third kappa shape index (κ3) is 11.0. The Hall–Kier alpha value is -4.00. The van der Waals surface area contributed by atoms with Crippen molar-refractivity contribution >= 4 is 27.7 Å². The van der Waals surface area contributed by atoms with Gasteiger partial charge in [-0.3, -0.25) is 4.79 Å². The van der Waals surface area contributed by atoms with Crippen LogP contribution >= 0.6 is 0 Å². The average Bonchev–Trinajstić information content (AvgIpc) is 3.02. The van der Waals surface area contributed by atoms with Crippen LogP contribution in [0.15, 0.2) is 83.8 Å².